The molecule has 0 spiro atoms. The summed E-state index contributed by atoms with van der Waals surface area (Å²) in [5.74, 6) is 1.31. The lowest BCUT2D eigenvalue weighted by Crippen LogP contribution is -2.26. The molecule has 1 saturated carbocycles. The first-order valence-corrected chi connectivity index (χ1v) is 8.94. The van der Waals surface area contributed by atoms with Gasteiger partial charge in [0, 0.05) is 11.5 Å². The summed E-state index contributed by atoms with van der Waals surface area (Å²) in [5, 5.41) is 0. The van der Waals surface area contributed by atoms with E-state index in [2.05, 4.69) is 16.4 Å². The van der Waals surface area contributed by atoms with Crippen molar-refractivity contribution in [2.45, 2.75) is 58.2 Å². The van der Waals surface area contributed by atoms with Gasteiger partial charge in [-0.15, -0.1) is 8.78 Å². The van der Waals surface area contributed by atoms with Crippen molar-refractivity contribution in [3.63, 3.8) is 0 Å². The van der Waals surface area contributed by atoms with Crippen molar-refractivity contribution in [3.8, 4) is 11.5 Å². The van der Waals surface area contributed by atoms with Crippen LogP contribution in [0, 0.1) is 17.8 Å². The van der Waals surface area contributed by atoms with E-state index in [4.69, 9.17) is 0 Å². The number of hydrogen-bond acceptors (Lipinski definition) is 3. The van der Waals surface area contributed by atoms with Crippen LogP contribution < -0.4 is 9.47 Å². The van der Waals surface area contributed by atoms with Crippen molar-refractivity contribution < 1.29 is 23.0 Å². The highest BCUT2D eigenvalue weighted by atomic mass is 19.3. The molecular weight excluding hydrogens is 314 g/mol. The fraction of sp³-hybridized carbons (Fsp3) is 0.632. The van der Waals surface area contributed by atoms with Crippen molar-refractivity contribution in [2.75, 3.05) is 0 Å². The van der Waals surface area contributed by atoms with Crippen molar-refractivity contribution in [3.05, 3.63) is 23.3 Å². The van der Waals surface area contributed by atoms with Gasteiger partial charge in [-0.25, -0.2) is 0 Å². The van der Waals surface area contributed by atoms with E-state index < -0.39 is 6.29 Å². The lowest BCUT2D eigenvalue weighted by molar-refractivity contribution is -0.286. The van der Waals surface area contributed by atoms with Gasteiger partial charge in [0.25, 0.3) is 0 Å². The van der Waals surface area contributed by atoms with E-state index in [0.717, 1.165) is 24.3 Å². The second-order valence-electron chi connectivity index (χ2n) is 7.37. The Balaban J connectivity index is 1.49. The van der Waals surface area contributed by atoms with Gasteiger partial charge in [0.1, 0.15) is 0 Å². The maximum atomic E-state index is 13.2. The topological polar surface area (TPSA) is 35.5 Å². The number of alkyl halides is 2. The number of Topliss-reactive ketones (excluding diaryl/α,β-unsaturated/α-hetero) is 1. The van der Waals surface area contributed by atoms with Crippen molar-refractivity contribution in [1.82, 2.24) is 0 Å². The SMILES string of the molecule is CCCC1CCC(C2Cc3cc4c(cc3C2=O)OC(F)(F)O4)CC1. The molecule has 0 saturated heterocycles. The predicted octanol–water partition coefficient (Wildman–Crippen LogP) is 4.97. The van der Waals surface area contributed by atoms with E-state index in [1.165, 1.54) is 31.7 Å². The van der Waals surface area contributed by atoms with Crippen LogP contribution in [0.25, 0.3) is 0 Å². The van der Waals surface area contributed by atoms with E-state index in [9.17, 15) is 13.6 Å². The number of carbonyl (C=O) groups excluding carboxylic acids is 1. The van der Waals surface area contributed by atoms with Crippen molar-refractivity contribution in [1.29, 1.82) is 0 Å². The number of hydrogen-bond donors (Lipinski definition) is 0. The van der Waals surface area contributed by atoms with Gasteiger partial charge in [-0.2, -0.15) is 0 Å². The average molecular weight is 336 g/mol. The van der Waals surface area contributed by atoms with Gasteiger partial charge in [-0.1, -0.05) is 32.6 Å². The molecule has 1 aromatic rings. The summed E-state index contributed by atoms with van der Waals surface area (Å²) in [7, 11) is 0. The molecule has 1 aliphatic heterocycles. The van der Waals surface area contributed by atoms with Gasteiger partial charge in [0.05, 0.1) is 0 Å². The third-order valence-electron chi connectivity index (χ3n) is 5.83. The first-order valence-electron chi connectivity index (χ1n) is 8.94. The molecule has 1 heterocycles. The number of carbonyl (C=O) groups is 1. The highest BCUT2D eigenvalue weighted by Gasteiger charge is 2.46. The standard InChI is InChI=1S/C19H22F2O3/c1-2-3-11-4-6-12(7-5-11)14-8-13-9-16-17(10-15(13)18(14)22)24-19(20,21)23-16/h9-12,14H,2-8H2,1H3. The van der Waals surface area contributed by atoms with Crippen LogP contribution in [0.3, 0.4) is 0 Å². The minimum absolute atomic E-state index is 0.00869. The number of ketones is 1. The Bertz CT molecular complexity index is 663. The Hall–Kier alpha value is -1.65. The largest absolute Gasteiger partial charge is 0.586 e. The van der Waals surface area contributed by atoms with Crippen LogP contribution in [0.5, 0.6) is 11.5 Å². The monoisotopic (exact) mass is 336 g/mol. The van der Waals surface area contributed by atoms with E-state index in [0.29, 0.717) is 17.9 Å². The van der Waals surface area contributed by atoms with Crippen LogP contribution in [0.2, 0.25) is 0 Å². The first kappa shape index (κ1) is 15.9. The minimum atomic E-state index is -3.63. The highest BCUT2D eigenvalue weighted by Crippen LogP contribution is 2.47. The lowest BCUT2D eigenvalue weighted by Gasteiger charge is -2.31. The molecule has 1 unspecified atom stereocenters. The molecule has 0 amide bonds. The second kappa shape index (κ2) is 5.71. The number of ether oxygens (including phenoxy) is 2. The van der Waals surface area contributed by atoms with Crippen LogP contribution in [0.15, 0.2) is 12.1 Å². The van der Waals surface area contributed by atoms with Crippen LogP contribution in [-0.4, -0.2) is 12.1 Å². The quantitative estimate of drug-likeness (QED) is 0.782. The fourth-order valence-electron chi connectivity index (χ4n) is 4.63. The minimum Gasteiger partial charge on any atom is -0.395 e. The molecular formula is C19H22F2O3. The Labute approximate surface area is 140 Å². The Morgan fingerprint density at radius 1 is 1.12 bits per heavy atom. The number of rotatable bonds is 3. The third kappa shape index (κ3) is 2.68. The van der Waals surface area contributed by atoms with E-state index in [1.54, 1.807) is 6.07 Å². The molecule has 0 N–H and O–H groups in total. The molecule has 5 heteroatoms. The Morgan fingerprint density at radius 2 is 1.79 bits per heavy atom. The lowest BCUT2D eigenvalue weighted by atomic mass is 9.73. The smallest absolute Gasteiger partial charge is 0.395 e. The van der Waals surface area contributed by atoms with Crippen LogP contribution in [-0.2, 0) is 6.42 Å². The number of benzene rings is 1. The second-order valence-corrected chi connectivity index (χ2v) is 7.37. The van der Waals surface area contributed by atoms with Gasteiger partial charge < -0.3 is 9.47 Å². The predicted molar refractivity (Wildman–Crippen MR) is 84.5 cm³/mol. The van der Waals surface area contributed by atoms with Crippen LogP contribution in [0.1, 0.15) is 61.4 Å². The molecule has 0 radical (unpaired) electrons. The summed E-state index contributed by atoms with van der Waals surface area (Å²) < 4.78 is 35.3. The summed E-state index contributed by atoms with van der Waals surface area (Å²) in [5.41, 5.74) is 1.36. The summed E-state index contributed by atoms with van der Waals surface area (Å²) in [6, 6.07) is 3.00. The zero-order valence-electron chi connectivity index (χ0n) is 13.8. The molecule has 3 aliphatic rings. The Kier molecular flexibility index (Phi) is 3.77. The fourth-order valence-corrected chi connectivity index (χ4v) is 4.63. The third-order valence-corrected chi connectivity index (χ3v) is 5.83. The summed E-state index contributed by atoms with van der Waals surface area (Å²) in [6.45, 7) is 2.22. The Morgan fingerprint density at radius 3 is 2.46 bits per heavy atom. The van der Waals surface area contributed by atoms with Crippen molar-refractivity contribution in [2.24, 2.45) is 17.8 Å². The highest BCUT2D eigenvalue weighted by molar-refractivity contribution is 6.03. The normalized spacial score (nSPS) is 30.5. The van der Waals surface area contributed by atoms with Gasteiger partial charge in [0.15, 0.2) is 17.3 Å². The van der Waals surface area contributed by atoms with Gasteiger partial charge in [0.2, 0.25) is 0 Å². The summed E-state index contributed by atoms with van der Waals surface area (Å²) >= 11 is 0. The molecule has 4 rings (SSSR count). The molecule has 1 aromatic carbocycles. The maximum absolute atomic E-state index is 13.2. The molecule has 24 heavy (non-hydrogen) atoms. The van der Waals surface area contributed by atoms with E-state index in [1.807, 2.05) is 0 Å². The van der Waals surface area contributed by atoms with E-state index >= 15 is 0 Å². The molecule has 3 nitrogen and oxygen atoms in total. The molecule has 1 fully saturated rings. The maximum Gasteiger partial charge on any atom is 0.586 e. The van der Waals surface area contributed by atoms with Crippen LogP contribution >= 0.6 is 0 Å². The number of fused-ring (bicyclic) bond motifs is 2. The number of halogens is 2. The summed E-state index contributed by atoms with van der Waals surface area (Å²) in [6.07, 6.45) is 4.11. The average Bonchev–Trinajstić information content (AvgIpc) is 3.01. The first-order chi connectivity index (χ1) is 11.5. The molecule has 0 bridgehead atoms. The van der Waals surface area contributed by atoms with Gasteiger partial charge >= 0.3 is 6.29 Å². The van der Waals surface area contributed by atoms with Crippen LogP contribution in [0.4, 0.5) is 8.78 Å². The van der Waals surface area contributed by atoms with Gasteiger partial charge in [-0.3, -0.25) is 4.79 Å². The molecule has 0 aromatic heterocycles. The summed E-state index contributed by atoms with van der Waals surface area (Å²) in [4.78, 5) is 12.8. The molecule has 130 valence electrons. The molecule has 1 atom stereocenters. The van der Waals surface area contributed by atoms with Gasteiger partial charge in [-0.05, 0) is 48.8 Å². The molecule has 2 aliphatic carbocycles. The zero-order valence-corrected chi connectivity index (χ0v) is 13.8. The van der Waals surface area contributed by atoms with E-state index in [-0.39, 0.29) is 23.2 Å². The van der Waals surface area contributed by atoms with Crippen molar-refractivity contribution >= 4 is 5.78 Å². The zero-order chi connectivity index (χ0) is 16.9.